The fourth-order valence-corrected chi connectivity index (χ4v) is 1.59. The van der Waals surface area contributed by atoms with Crippen LogP contribution in [0.4, 0.5) is 0 Å². The second kappa shape index (κ2) is 11.6. The van der Waals surface area contributed by atoms with Crippen LogP contribution in [0, 0.1) is 5.92 Å². The van der Waals surface area contributed by atoms with Crippen molar-refractivity contribution < 1.29 is 0 Å². The normalized spacial score (nSPS) is 11.9. The molecule has 0 aliphatic rings. The van der Waals surface area contributed by atoms with Gasteiger partial charge >= 0.3 is 0 Å². The maximum absolute atomic E-state index is 4.43. The largest absolute Gasteiger partial charge is 0.279 e. The van der Waals surface area contributed by atoms with Crippen molar-refractivity contribution in [2.24, 2.45) is 10.9 Å². The molecule has 2 heteroatoms. The van der Waals surface area contributed by atoms with E-state index in [1.807, 2.05) is 25.2 Å². The molecule has 0 spiro atoms. The highest BCUT2D eigenvalue weighted by atomic mass is 32.2. The number of hydrogen-bond acceptors (Lipinski definition) is 2. The first-order chi connectivity index (χ1) is 9.06. The molecule has 102 valence electrons. The highest BCUT2D eigenvalue weighted by Gasteiger charge is 1.88. The third-order valence-corrected chi connectivity index (χ3v) is 2.71. The van der Waals surface area contributed by atoms with E-state index in [1.165, 1.54) is 0 Å². The fourth-order valence-electron chi connectivity index (χ4n) is 1.00. The van der Waals surface area contributed by atoms with E-state index < -0.39 is 0 Å². The Bertz CT molecular complexity index is 430. The van der Waals surface area contributed by atoms with E-state index in [2.05, 4.69) is 49.9 Å². The molecule has 0 amide bonds. The first kappa shape index (κ1) is 17.5. The van der Waals surface area contributed by atoms with Crippen molar-refractivity contribution in [1.82, 2.24) is 0 Å². The highest BCUT2D eigenvalue weighted by molar-refractivity contribution is 8.03. The van der Waals surface area contributed by atoms with Crippen LogP contribution in [-0.4, -0.2) is 11.6 Å². The van der Waals surface area contributed by atoms with Gasteiger partial charge in [0.1, 0.15) is 0 Å². The zero-order valence-corrected chi connectivity index (χ0v) is 12.9. The summed E-state index contributed by atoms with van der Waals surface area (Å²) >= 11 is 1.59. The molecule has 0 bridgehead atoms. The van der Waals surface area contributed by atoms with Gasteiger partial charge in [0.25, 0.3) is 0 Å². The molecule has 0 saturated carbocycles. The third kappa shape index (κ3) is 12.7. The second-order valence-electron chi connectivity index (χ2n) is 4.24. The smallest absolute Gasteiger partial charge is 0.0893 e. The molecule has 0 fully saturated rings. The molecule has 0 aromatic rings. The van der Waals surface area contributed by atoms with Gasteiger partial charge in [0, 0.05) is 10.6 Å². The summed E-state index contributed by atoms with van der Waals surface area (Å²) in [5, 5.41) is 0. The fraction of sp³-hybridized carbons (Fsp3) is 0.294. The van der Waals surface area contributed by atoms with E-state index in [4.69, 9.17) is 0 Å². The van der Waals surface area contributed by atoms with Gasteiger partial charge in [-0.1, -0.05) is 51.3 Å². The average Bonchev–Trinajstić information content (AvgIpc) is 2.35. The van der Waals surface area contributed by atoms with Crippen molar-refractivity contribution >= 4 is 17.5 Å². The molecule has 0 aliphatic heterocycles. The van der Waals surface area contributed by atoms with Gasteiger partial charge in [-0.2, -0.15) is 0 Å². The summed E-state index contributed by atoms with van der Waals surface area (Å²) in [6.45, 7) is 13.8. The Balaban J connectivity index is 4.09. The van der Waals surface area contributed by atoms with Crippen LogP contribution in [0.3, 0.4) is 0 Å². The Hall–Kier alpha value is -1.50. The minimum atomic E-state index is 0.580. The molecule has 0 radical (unpaired) electrons. The van der Waals surface area contributed by atoms with E-state index in [0.29, 0.717) is 11.8 Å². The molecular formula is C17H23NS. The Morgan fingerprint density at radius 2 is 2.11 bits per heavy atom. The van der Waals surface area contributed by atoms with Gasteiger partial charge in [0.05, 0.1) is 5.88 Å². The minimum Gasteiger partial charge on any atom is -0.279 e. The third-order valence-electron chi connectivity index (χ3n) is 1.97. The maximum Gasteiger partial charge on any atom is 0.0893 e. The lowest BCUT2D eigenvalue weighted by molar-refractivity contribution is 0.832. The van der Waals surface area contributed by atoms with Crippen LogP contribution in [0.15, 0.2) is 71.3 Å². The van der Waals surface area contributed by atoms with E-state index >= 15 is 0 Å². The van der Waals surface area contributed by atoms with Crippen LogP contribution in [0.5, 0.6) is 0 Å². The van der Waals surface area contributed by atoms with Crippen LogP contribution in [0.2, 0.25) is 0 Å². The number of nitrogens with zero attached hydrogens (tertiary/aromatic N) is 1. The van der Waals surface area contributed by atoms with Gasteiger partial charge in [-0.25, -0.2) is 0 Å². The van der Waals surface area contributed by atoms with Crippen molar-refractivity contribution in [3.8, 4) is 0 Å². The predicted molar refractivity (Wildman–Crippen MR) is 90.7 cm³/mol. The molecule has 0 aliphatic carbocycles. The number of allylic oxidation sites excluding steroid dienone is 6. The van der Waals surface area contributed by atoms with Crippen LogP contribution < -0.4 is 0 Å². The van der Waals surface area contributed by atoms with Crippen LogP contribution in [-0.2, 0) is 0 Å². The molecule has 0 N–H and O–H groups in total. The Labute approximate surface area is 121 Å². The maximum atomic E-state index is 4.43. The first-order valence-corrected chi connectivity index (χ1v) is 7.26. The van der Waals surface area contributed by atoms with Crippen molar-refractivity contribution in [3.05, 3.63) is 66.3 Å². The van der Waals surface area contributed by atoms with Crippen molar-refractivity contribution in [3.63, 3.8) is 0 Å². The molecule has 19 heavy (non-hydrogen) atoms. The quantitative estimate of drug-likeness (QED) is 0.331. The number of rotatable bonds is 8. The van der Waals surface area contributed by atoms with E-state index in [1.54, 1.807) is 23.9 Å². The van der Waals surface area contributed by atoms with Gasteiger partial charge in [0.15, 0.2) is 0 Å². The molecule has 0 unspecified atom stereocenters. The van der Waals surface area contributed by atoms with Crippen molar-refractivity contribution in [2.45, 2.75) is 20.8 Å². The first-order valence-electron chi connectivity index (χ1n) is 6.27. The highest BCUT2D eigenvalue weighted by Crippen LogP contribution is 2.14. The van der Waals surface area contributed by atoms with E-state index in [9.17, 15) is 0 Å². The molecular weight excluding hydrogens is 250 g/mol. The van der Waals surface area contributed by atoms with E-state index in [0.717, 1.165) is 10.6 Å². The van der Waals surface area contributed by atoms with E-state index in [-0.39, 0.29) is 0 Å². The van der Waals surface area contributed by atoms with Gasteiger partial charge in [-0.15, -0.1) is 17.5 Å². The Kier molecular flexibility index (Phi) is 10.7. The summed E-state index contributed by atoms with van der Waals surface area (Å²) in [7, 11) is 0. The minimum absolute atomic E-state index is 0.580. The molecule has 0 aromatic carbocycles. The number of aliphatic imine (C=N–C) groups is 1. The zero-order chi connectivity index (χ0) is 14.5. The van der Waals surface area contributed by atoms with Crippen LogP contribution in [0.1, 0.15) is 20.8 Å². The lowest BCUT2D eigenvalue weighted by Crippen LogP contribution is -1.85. The molecule has 0 atom stereocenters. The van der Waals surface area contributed by atoms with Gasteiger partial charge in [-0.05, 0) is 31.1 Å². The van der Waals surface area contributed by atoms with Crippen LogP contribution in [0.25, 0.3) is 0 Å². The molecule has 0 saturated heterocycles. The topological polar surface area (TPSA) is 12.4 Å². The van der Waals surface area contributed by atoms with Gasteiger partial charge in [-0.3, -0.25) is 4.99 Å². The lowest BCUT2D eigenvalue weighted by Gasteiger charge is -1.96. The summed E-state index contributed by atoms with van der Waals surface area (Å²) in [4.78, 5) is 5.37. The summed E-state index contributed by atoms with van der Waals surface area (Å²) < 4.78 is 0. The molecule has 0 aromatic heterocycles. The Morgan fingerprint density at radius 3 is 2.74 bits per heavy atom. The summed E-state index contributed by atoms with van der Waals surface area (Å²) in [6.07, 6.45) is 13.5. The SMILES string of the molecule is C=CC=C=CC(=C)SC/N=C(C)/C=C\C=C\C(C)C. The molecule has 1 nitrogen and oxygen atoms in total. The second-order valence-corrected chi connectivity index (χ2v) is 5.31. The van der Waals surface area contributed by atoms with Gasteiger partial charge in [0.2, 0.25) is 0 Å². The predicted octanol–water partition coefficient (Wildman–Crippen LogP) is 5.32. The summed E-state index contributed by atoms with van der Waals surface area (Å²) in [6, 6.07) is 0. The number of hydrogen-bond donors (Lipinski definition) is 0. The van der Waals surface area contributed by atoms with Crippen molar-refractivity contribution in [1.29, 1.82) is 0 Å². The standard InChI is InChI=1S/C17H23NS/c1-6-7-8-13-17(5)19-14-18-16(4)12-10-9-11-15(2)3/h6-7,9-13,15H,1,5,14H2,2-4H3/b11-9+,12-10-,18-16+. The van der Waals surface area contributed by atoms with Gasteiger partial charge < -0.3 is 0 Å². The van der Waals surface area contributed by atoms with Crippen molar-refractivity contribution in [2.75, 3.05) is 5.88 Å². The molecule has 0 rings (SSSR count). The Morgan fingerprint density at radius 1 is 1.37 bits per heavy atom. The average molecular weight is 273 g/mol. The lowest BCUT2D eigenvalue weighted by atomic mass is 10.2. The zero-order valence-electron chi connectivity index (χ0n) is 12.1. The number of thioether (sulfide) groups is 1. The van der Waals surface area contributed by atoms with Crippen LogP contribution >= 0.6 is 11.8 Å². The summed E-state index contributed by atoms with van der Waals surface area (Å²) in [5.41, 5.74) is 3.98. The summed E-state index contributed by atoms with van der Waals surface area (Å²) in [5.74, 6) is 1.26. The molecule has 0 heterocycles. The monoisotopic (exact) mass is 273 g/mol.